The molecule has 2 rings (SSSR count). The number of nitrogens with two attached hydrogens (primary N) is 1. The highest BCUT2D eigenvalue weighted by atomic mass is 16.5. The van der Waals surface area contributed by atoms with Gasteiger partial charge in [0.1, 0.15) is 0 Å². The summed E-state index contributed by atoms with van der Waals surface area (Å²) in [7, 11) is 0. The molecule has 1 saturated heterocycles. The highest BCUT2D eigenvalue weighted by Crippen LogP contribution is 2.31. The maximum atomic E-state index is 5.58. The molecular formula is C8H13NO. The Hall–Kier alpha value is -0.340. The van der Waals surface area contributed by atoms with Crippen LogP contribution >= 0.6 is 0 Å². The fourth-order valence-corrected chi connectivity index (χ4v) is 1.81. The van der Waals surface area contributed by atoms with Crippen LogP contribution in [-0.2, 0) is 4.74 Å². The van der Waals surface area contributed by atoms with E-state index in [9.17, 15) is 0 Å². The predicted octanol–water partition coefficient (Wildman–Crippen LogP) is 0.536. The Morgan fingerprint density at radius 1 is 1.50 bits per heavy atom. The standard InChI is InChI=1S/C8H13NO/c9-4-6-1-2-8-3-7(6)5-10-8/h1-2,6-8H,3-5,9H2. The van der Waals surface area contributed by atoms with E-state index in [1.165, 1.54) is 6.42 Å². The molecule has 56 valence electrons. The molecule has 2 heteroatoms. The lowest BCUT2D eigenvalue weighted by atomic mass is 9.86. The summed E-state index contributed by atoms with van der Waals surface area (Å²) in [4.78, 5) is 0. The van der Waals surface area contributed by atoms with Gasteiger partial charge in [-0.25, -0.2) is 0 Å². The molecule has 1 heterocycles. The first-order valence-electron chi connectivity index (χ1n) is 3.90. The summed E-state index contributed by atoms with van der Waals surface area (Å²) >= 11 is 0. The van der Waals surface area contributed by atoms with E-state index in [0.29, 0.717) is 17.9 Å². The van der Waals surface area contributed by atoms with Gasteiger partial charge >= 0.3 is 0 Å². The molecule has 0 spiro atoms. The van der Waals surface area contributed by atoms with Crippen LogP contribution in [0, 0.1) is 11.8 Å². The van der Waals surface area contributed by atoms with Gasteiger partial charge in [-0.2, -0.15) is 0 Å². The van der Waals surface area contributed by atoms with Crippen molar-refractivity contribution < 1.29 is 4.74 Å². The Morgan fingerprint density at radius 3 is 3.20 bits per heavy atom. The van der Waals surface area contributed by atoms with Gasteiger partial charge < -0.3 is 10.5 Å². The van der Waals surface area contributed by atoms with Crippen molar-refractivity contribution in [3.05, 3.63) is 12.2 Å². The molecule has 0 amide bonds. The molecule has 0 saturated carbocycles. The van der Waals surface area contributed by atoms with Gasteiger partial charge in [-0.1, -0.05) is 12.2 Å². The van der Waals surface area contributed by atoms with Crippen LogP contribution in [0.3, 0.4) is 0 Å². The van der Waals surface area contributed by atoms with Crippen molar-refractivity contribution in [1.82, 2.24) is 0 Å². The third-order valence-corrected chi connectivity index (χ3v) is 2.51. The first-order valence-corrected chi connectivity index (χ1v) is 3.90. The second-order valence-corrected chi connectivity index (χ2v) is 3.15. The van der Waals surface area contributed by atoms with Gasteiger partial charge in [0.15, 0.2) is 0 Å². The van der Waals surface area contributed by atoms with Crippen LogP contribution in [0.1, 0.15) is 6.42 Å². The van der Waals surface area contributed by atoms with Crippen LogP contribution in [0.2, 0.25) is 0 Å². The largest absolute Gasteiger partial charge is 0.374 e. The molecule has 2 aliphatic rings. The Bertz CT molecular complexity index is 155. The van der Waals surface area contributed by atoms with Gasteiger partial charge in [0, 0.05) is 0 Å². The summed E-state index contributed by atoms with van der Waals surface area (Å²) in [6, 6.07) is 0. The van der Waals surface area contributed by atoms with Gasteiger partial charge in [-0.05, 0) is 24.8 Å². The lowest BCUT2D eigenvalue weighted by molar-refractivity contribution is 0.140. The fourth-order valence-electron chi connectivity index (χ4n) is 1.81. The molecule has 2 bridgehead atoms. The molecule has 1 fully saturated rings. The minimum absolute atomic E-state index is 0.410. The van der Waals surface area contributed by atoms with Gasteiger partial charge in [-0.15, -0.1) is 0 Å². The van der Waals surface area contributed by atoms with Crippen molar-refractivity contribution in [2.24, 2.45) is 17.6 Å². The molecule has 0 aromatic heterocycles. The van der Waals surface area contributed by atoms with Crippen molar-refractivity contribution in [2.75, 3.05) is 13.2 Å². The Kier molecular flexibility index (Phi) is 1.51. The van der Waals surface area contributed by atoms with E-state index in [4.69, 9.17) is 10.5 Å². The summed E-state index contributed by atoms with van der Waals surface area (Å²) in [5.74, 6) is 1.29. The smallest absolute Gasteiger partial charge is 0.0759 e. The van der Waals surface area contributed by atoms with Crippen molar-refractivity contribution >= 4 is 0 Å². The highest BCUT2D eigenvalue weighted by Gasteiger charge is 2.31. The monoisotopic (exact) mass is 139 g/mol. The number of hydrogen-bond donors (Lipinski definition) is 1. The summed E-state index contributed by atoms with van der Waals surface area (Å²) in [6.45, 7) is 1.69. The molecule has 0 aromatic carbocycles. The molecule has 3 atom stereocenters. The molecule has 2 nitrogen and oxygen atoms in total. The quantitative estimate of drug-likeness (QED) is 0.538. The molecule has 0 aromatic rings. The van der Waals surface area contributed by atoms with Crippen LogP contribution in [-0.4, -0.2) is 19.3 Å². The second kappa shape index (κ2) is 2.36. The van der Waals surface area contributed by atoms with Gasteiger partial charge in [0.25, 0.3) is 0 Å². The predicted molar refractivity (Wildman–Crippen MR) is 39.5 cm³/mol. The van der Waals surface area contributed by atoms with Crippen molar-refractivity contribution in [3.8, 4) is 0 Å². The van der Waals surface area contributed by atoms with Crippen molar-refractivity contribution in [1.29, 1.82) is 0 Å². The molecule has 2 N–H and O–H groups in total. The third kappa shape index (κ3) is 0.879. The van der Waals surface area contributed by atoms with E-state index >= 15 is 0 Å². The minimum Gasteiger partial charge on any atom is -0.374 e. The number of hydrogen-bond acceptors (Lipinski definition) is 2. The number of ether oxygens (including phenoxy) is 1. The highest BCUT2D eigenvalue weighted by molar-refractivity contribution is 5.05. The topological polar surface area (TPSA) is 35.2 Å². The average molecular weight is 139 g/mol. The van der Waals surface area contributed by atoms with Crippen LogP contribution in [0.5, 0.6) is 0 Å². The van der Waals surface area contributed by atoms with Crippen molar-refractivity contribution in [3.63, 3.8) is 0 Å². The SMILES string of the molecule is NCC1C=CC2CC1CO2. The normalized spacial score (nSPS) is 44.3. The summed E-state index contributed by atoms with van der Waals surface area (Å²) < 4.78 is 5.47. The first-order chi connectivity index (χ1) is 4.90. The number of rotatable bonds is 1. The Labute approximate surface area is 61.0 Å². The Balaban J connectivity index is 2.11. The van der Waals surface area contributed by atoms with Gasteiger partial charge in [0.05, 0.1) is 12.7 Å². The zero-order chi connectivity index (χ0) is 6.97. The summed E-state index contributed by atoms with van der Waals surface area (Å²) in [5, 5.41) is 0. The number of fused-ring (bicyclic) bond motifs is 2. The minimum atomic E-state index is 0.410. The molecule has 0 radical (unpaired) electrons. The van der Waals surface area contributed by atoms with Crippen LogP contribution in [0.15, 0.2) is 12.2 Å². The summed E-state index contributed by atoms with van der Waals surface area (Å²) in [5.41, 5.74) is 5.58. The van der Waals surface area contributed by atoms with E-state index in [1.807, 2.05) is 0 Å². The first kappa shape index (κ1) is 6.38. The lowest BCUT2D eigenvalue weighted by Gasteiger charge is -2.19. The third-order valence-electron chi connectivity index (χ3n) is 2.51. The molecule has 1 aliphatic heterocycles. The second-order valence-electron chi connectivity index (χ2n) is 3.15. The maximum Gasteiger partial charge on any atom is 0.0759 e. The fraction of sp³-hybridized carbons (Fsp3) is 0.750. The molecular weight excluding hydrogens is 126 g/mol. The zero-order valence-corrected chi connectivity index (χ0v) is 5.99. The summed E-state index contributed by atoms with van der Waals surface area (Å²) in [6.07, 6.45) is 5.97. The van der Waals surface area contributed by atoms with Gasteiger partial charge in [0.2, 0.25) is 0 Å². The molecule has 10 heavy (non-hydrogen) atoms. The molecule has 1 aliphatic carbocycles. The van der Waals surface area contributed by atoms with Crippen LogP contribution < -0.4 is 5.73 Å². The van der Waals surface area contributed by atoms with Crippen LogP contribution in [0.4, 0.5) is 0 Å². The Morgan fingerprint density at radius 2 is 2.40 bits per heavy atom. The van der Waals surface area contributed by atoms with E-state index in [2.05, 4.69) is 12.2 Å². The van der Waals surface area contributed by atoms with E-state index in [-0.39, 0.29) is 0 Å². The zero-order valence-electron chi connectivity index (χ0n) is 5.99. The maximum absolute atomic E-state index is 5.58. The van der Waals surface area contributed by atoms with Gasteiger partial charge in [-0.3, -0.25) is 0 Å². The lowest BCUT2D eigenvalue weighted by Crippen LogP contribution is -2.24. The van der Waals surface area contributed by atoms with E-state index in [0.717, 1.165) is 13.2 Å². The van der Waals surface area contributed by atoms with E-state index in [1.54, 1.807) is 0 Å². The molecule has 3 unspecified atom stereocenters. The van der Waals surface area contributed by atoms with E-state index < -0.39 is 0 Å². The van der Waals surface area contributed by atoms with Crippen molar-refractivity contribution in [2.45, 2.75) is 12.5 Å². The average Bonchev–Trinajstić information content (AvgIpc) is 2.34. The van der Waals surface area contributed by atoms with Crippen LogP contribution in [0.25, 0.3) is 0 Å².